The summed E-state index contributed by atoms with van der Waals surface area (Å²) in [4.78, 5) is 38.5. The molecule has 0 radical (unpaired) electrons. The van der Waals surface area contributed by atoms with Crippen LogP contribution in [0.5, 0.6) is 0 Å². The second-order valence-corrected chi connectivity index (χ2v) is 7.21. The molecule has 1 heterocycles. The number of hydrogen-bond acceptors (Lipinski definition) is 4. The number of piperidine rings is 1. The molecule has 1 aliphatic rings. The van der Waals surface area contributed by atoms with Gasteiger partial charge in [0, 0.05) is 24.2 Å². The molecule has 0 aliphatic carbocycles. The topological polar surface area (TPSA) is 63.7 Å². The lowest BCUT2D eigenvalue weighted by molar-refractivity contribution is -0.148. The van der Waals surface area contributed by atoms with Gasteiger partial charge in [0.25, 0.3) is 5.91 Å². The average Bonchev–Trinajstić information content (AvgIpc) is 2.77. The molecule has 1 aliphatic heterocycles. The number of ether oxygens (including phenoxy) is 1. The minimum absolute atomic E-state index is 0.0762. The first-order chi connectivity index (χ1) is 14.6. The van der Waals surface area contributed by atoms with E-state index in [9.17, 15) is 31.9 Å². The van der Waals surface area contributed by atoms with Crippen LogP contribution in [0.15, 0.2) is 48.5 Å². The van der Waals surface area contributed by atoms with Crippen LogP contribution in [0, 0.1) is 11.7 Å². The fourth-order valence-electron chi connectivity index (χ4n) is 3.34. The van der Waals surface area contributed by atoms with Crippen molar-refractivity contribution in [3.8, 4) is 0 Å². The van der Waals surface area contributed by atoms with Crippen LogP contribution in [0.1, 0.15) is 39.1 Å². The van der Waals surface area contributed by atoms with Gasteiger partial charge >= 0.3 is 12.1 Å². The Morgan fingerprint density at radius 2 is 1.74 bits per heavy atom. The highest BCUT2D eigenvalue weighted by Gasteiger charge is 2.32. The van der Waals surface area contributed by atoms with Gasteiger partial charge in [-0.2, -0.15) is 13.2 Å². The molecule has 0 bridgehead atoms. The fourth-order valence-corrected chi connectivity index (χ4v) is 3.34. The molecule has 1 atom stereocenters. The highest BCUT2D eigenvalue weighted by molar-refractivity contribution is 5.98. The number of carbonyl (C=O) groups excluding carboxylic acids is 3. The monoisotopic (exact) mass is 437 g/mol. The van der Waals surface area contributed by atoms with Gasteiger partial charge in [0.05, 0.1) is 11.5 Å². The van der Waals surface area contributed by atoms with Gasteiger partial charge in [0.15, 0.2) is 12.4 Å². The minimum atomic E-state index is -4.59. The first-order valence-electron chi connectivity index (χ1n) is 9.57. The summed E-state index contributed by atoms with van der Waals surface area (Å²) in [6, 6.07) is 8.93. The van der Waals surface area contributed by atoms with E-state index in [4.69, 9.17) is 4.74 Å². The lowest BCUT2D eigenvalue weighted by Gasteiger charge is -2.31. The standard InChI is InChI=1S/C22H19F4NO4/c23-18-8-6-14(7-9-18)20(29)27-10-2-4-16(12-27)21(30)31-13-19(28)15-3-1-5-17(11-15)22(24,25)26/h1,3,5-9,11,16H,2,4,10,12-13H2. The smallest absolute Gasteiger partial charge is 0.416 e. The highest BCUT2D eigenvalue weighted by Crippen LogP contribution is 2.29. The molecule has 2 aromatic carbocycles. The lowest BCUT2D eigenvalue weighted by atomic mass is 9.97. The van der Waals surface area contributed by atoms with Gasteiger partial charge in [-0.25, -0.2) is 4.39 Å². The van der Waals surface area contributed by atoms with Gasteiger partial charge in [0.1, 0.15) is 5.82 Å². The molecule has 3 rings (SSSR count). The summed E-state index contributed by atoms with van der Waals surface area (Å²) in [5.74, 6) is -2.93. The molecule has 1 amide bonds. The Hall–Kier alpha value is -3.23. The third-order valence-corrected chi connectivity index (χ3v) is 4.99. The van der Waals surface area contributed by atoms with Gasteiger partial charge < -0.3 is 9.64 Å². The van der Waals surface area contributed by atoms with Crippen molar-refractivity contribution in [3.63, 3.8) is 0 Å². The van der Waals surface area contributed by atoms with Crippen molar-refractivity contribution in [3.05, 3.63) is 71.0 Å². The number of hydrogen-bond donors (Lipinski definition) is 0. The van der Waals surface area contributed by atoms with Crippen molar-refractivity contribution in [2.45, 2.75) is 19.0 Å². The van der Waals surface area contributed by atoms with Crippen molar-refractivity contribution in [2.75, 3.05) is 19.7 Å². The predicted molar refractivity (Wildman–Crippen MR) is 102 cm³/mol. The molecule has 1 unspecified atom stereocenters. The van der Waals surface area contributed by atoms with E-state index < -0.39 is 41.8 Å². The number of nitrogens with zero attached hydrogens (tertiary/aromatic N) is 1. The quantitative estimate of drug-likeness (QED) is 0.401. The number of carbonyl (C=O) groups is 3. The third-order valence-electron chi connectivity index (χ3n) is 4.99. The molecule has 164 valence electrons. The number of ketones is 1. The SMILES string of the molecule is O=C(COC(=O)C1CCCN(C(=O)c2ccc(F)cc2)C1)c1cccc(C(F)(F)F)c1. The van der Waals surface area contributed by atoms with E-state index >= 15 is 0 Å². The van der Waals surface area contributed by atoms with Crippen molar-refractivity contribution in [1.29, 1.82) is 0 Å². The Morgan fingerprint density at radius 3 is 2.42 bits per heavy atom. The first-order valence-corrected chi connectivity index (χ1v) is 9.57. The zero-order valence-corrected chi connectivity index (χ0v) is 16.3. The summed E-state index contributed by atoms with van der Waals surface area (Å²) in [6.07, 6.45) is -3.60. The number of likely N-dealkylation sites (tertiary alicyclic amines) is 1. The van der Waals surface area contributed by atoms with Crippen LogP contribution in [-0.2, 0) is 15.7 Å². The maximum atomic E-state index is 13.0. The summed E-state index contributed by atoms with van der Waals surface area (Å²) in [5.41, 5.74) is -0.888. The van der Waals surface area contributed by atoms with Crippen LogP contribution in [0.25, 0.3) is 0 Å². The summed E-state index contributed by atoms with van der Waals surface area (Å²) in [5, 5.41) is 0. The maximum Gasteiger partial charge on any atom is 0.416 e. The van der Waals surface area contributed by atoms with Crippen LogP contribution in [0.2, 0.25) is 0 Å². The van der Waals surface area contributed by atoms with Gasteiger partial charge in [-0.15, -0.1) is 0 Å². The van der Waals surface area contributed by atoms with E-state index in [1.165, 1.54) is 35.2 Å². The van der Waals surface area contributed by atoms with Gasteiger partial charge in [-0.1, -0.05) is 12.1 Å². The highest BCUT2D eigenvalue weighted by atomic mass is 19.4. The molecule has 1 saturated heterocycles. The van der Waals surface area contributed by atoms with Crippen molar-refractivity contribution < 1.29 is 36.7 Å². The zero-order valence-electron chi connectivity index (χ0n) is 16.3. The molecule has 0 N–H and O–H groups in total. The third kappa shape index (κ3) is 5.68. The van der Waals surface area contributed by atoms with E-state index in [1.54, 1.807) is 0 Å². The Labute approximate surface area is 175 Å². The van der Waals surface area contributed by atoms with Crippen LogP contribution in [-0.4, -0.2) is 42.3 Å². The summed E-state index contributed by atoms with van der Waals surface area (Å²) >= 11 is 0. The van der Waals surface area contributed by atoms with Crippen molar-refractivity contribution in [2.24, 2.45) is 5.92 Å². The second kappa shape index (κ2) is 9.28. The predicted octanol–water partition coefficient (Wildman–Crippen LogP) is 4.12. The van der Waals surface area contributed by atoms with Gasteiger partial charge in [0.2, 0.25) is 0 Å². The summed E-state index contributed by atoms with van der Waals surface area (Å²) in [6.45, 7) is -0.196. The Morgan fingerprint density at radius 1 is 1.03 bits per heavy atom. The number of halogens is 4. The normalized spacial score (nSPS) is 16.6. The molecule has 2 aromatic rings. The molecular weight excluding hydrogens is 418 g/mol. The molecule has 1 fully saturated rings. The Kier molecular flexibility index (Phi) is 6.72. The summed E-state index contributed by atoms with van der Waals surface area (Å²) in [7, 11) is 0. The van der Waals surface area contributed by atoms with E-state index in [-0.39, 0.29) is 23.6 Å². The number of alkyl halides is 3. The second-order valence-electron chi connectivity index (χ2n) is 7.21. The number of benzene rings is 2. The fraction of sp³-hybridized carbons (Fsp3) is 0.318. The number of esters is 1. The lowest BCUT2D eigenvalue weighted by Crippen LogP contribution is -2.43. The van der Waals surface area contributed by atoms with Crippen molar-refractivity contribution in [1.82, 2.24) is 4.90 Å². The van der Waals surface area contributed by atoms with Crippen molar-refractivity contribution >= 4 is 17.7 Å². The first kappa shape index (κ1) is 22.5. The average molecular weight is 437 g/mol. The largest absolute Gasteiger partial charge is 0.457 e. The molecule has 0 aromatic heterocycles. The van der Waals surface area contributed by atoms with Crippen LogP contribution < -0.4 is 0 Å². The Bertz CT molecular complexity index is 972. The number of amides is 1. The van der Waals surface area contributed by atoms with E-state index in [2.05, 4.69) is 0 Å². The molecule has 31 heavy (non-hydrogen) atoms. The molecular formula is C22H19F4NO4. The minimum Gasteiger partial charge on any atom is -0.457 e. The molecule has 0 spiro atoms. The van der Waals surface area contributed by atoms with Crippen LogP contribution >= 0.6 is 0 Å². The van der Waals surface area contributed by atoms with Crippen LogP contribution in [0.3, 0.4) is 0 Å². The maximum absolute atomic E-state index is 13.0. The molecule has 5 nitrogen and oxygen atoms in total. The van der Waals surface area contributed by atoms with E-state index in [0.717, 1.165) is 12.1 Å². The molecule has 0 saturated carbocycles. The Balaban J connectivity index is 1.57. The summed E-state index contributed by atoms with van der Waals surface area (Å²) < 4.78 is 56.4. The molecule has 9 heteroatoms. The van der Waals surface area contributed by atoms with Crippen LogP contribution in [0.4, 0.5) is 17.6 Å². The number of rotatable bonds is 5. The van der Waals surface area contributed by atoms with Gasteiger partial charge in [-0.3, -0.25) is 14.4 Å². The van der Waals surface area contributed by atoms with E-state index in [1.807, 2.05) is 0 Å². The zero-order chi connectivity index (χ0) is 22.6. The number of Topliss-reactive ketones (excluding diaryl/α,β-unsaturated/α-hetero) is 1. The van der Waals surface area contributed by atoms with E-state index in [0.29, 0.717) is 25.5 Å². The van der Waals surface area contributed by atoms with Gasteiger partial charge in [-0.05, 0) is 49.2 Å².